The number of rotatable bonds is 4. The Hall–Kier alpha value is -0.560. The maximum atomic E-state index is 6.14. The normalized spacial score (nSPS) is 41.1. The van der Waals surface area contributed by atoms with Gasteiger partial charge >= 0.3 is 0 Å². The van der Waals surface area contributed by atoms with Crippen LogP contribution in [0.2, 0.25) is 0 Å². The summed E-state index contributed by atoms with van der Waals surface area (Å²) in [6, 6.07) is 0. The lowest BCUT2D eigenvalue weighted by Crippen LogP contribution is -2.40. The number of ether oxygens (including phenoxy) is 1. The fourth-order valence-electron chi connectivity index (χ4n) is 6.03. The van der Waals surface area contributed by atoms with Gasteiger partial charge in [-0.2, -0.15) is 0 Å². The van der Waals surface area contributed by atoms with Gasteiger partial charge in [-0.3, -0.25) is 0 Å². The summed E-state index contributed by atoms with van der Waals surface area (Å²) in [5.74, 6) is 4.23. The quantitative estimate of drug-likeness (QED) is 0.437. The van der Waals surface area contributed by atoms with Crippen LogP contribution in [-0.4, -0.2) is 12.2 Å². The molecule has 1 saturated heterocycles. The minimum absolute atomic E-state index is 0.399. The predicted octanol–water partition coefficient (Wildman–Crippen LogP) is 6.30. The predicted molar refractivity (Wildman–Crippen MR) is 98.4 cm³/mol. The Kier molecular flexibility index (Phi) is 6.01. The lowest BCUT2D eigenvalue weighted by atomic mass is 9.72. The van der Waals surface area contributed by atoms with E-state index in [1.54, 1.807) is 6.42 Å². The molecule has 0 N–H and O–H groups in total. The van der Waals surface area contributed by atoms with Gasteiger partial charge in [0.05, 0.1) is 5.60 Å². The monoisotopic (exact) mass is 316 g/mol. The van der Waals surface area contributed by atoms with E-state index in [4.69, 9.17) is 4.74 Å². The van der Waals surface area contributed by atoms with Crippen LogP contribution in [0.4, 0.5) is 0 Å². The molecule has 3 saturated carbocycles. The van der Waals surface area contributed by atoms with Crippen LogP contribution in [0.3, 0.4) is 0 Å². The number of allylic oxidation sites excluding steroid dienone is 4. The molecule has 5 atom stereocenters. The lowest BCUT2D eigenvalue weighted by Gasteiger charge is -2.39. The Morgan fingerprint density at radius 2 is 1.87 bits per heavy atom. The Balaban J connectivity index is 0.000000154. The fourth-order valence-corrected chi connectivity index (χ4v) is 6.03. The second-order valence-electron chi connectivity index (χ2n) is 8.11. The second-order valence-corrected chi connectivity index (χ2v) is 8.11. The standard InChI is InChI=1S/C13H20O.C9H16/c1-3-10-9-7-12(11(10)4-1)13(8-9)5-2-6-14-13;1-3-5-7-9-8-6-4-2/h9-12H,1-8H2;3,5-6,8H,4,7,9H2,1-2H3. The average Bonchev–Trinajstić information content (AvgIpc) is 3.31. The van der Waals surface area contributed by atoms with E-state index in [0.29, 0.717) is 5.60 Å². The van der Waals surface area contributed by atoms with E-state index in [0.717, 1.165) is 36.7 Å². The molecule has 4 aliphatic rings. The summed E-state index contributed by atoms with van der Waals surface area (Å²) in [6.45, 7) is 5.27. The van der Waals surface area contributed by atoms with Gasteiger partial charge in [-0.1, -0.05) is 37.6 Å². The molecule has 23 heavy (non-hydrogen) atoms. The molecular weight excluding hydrogens is 280 g/mol. The molecule has 1 spiro atoms. The zero-order valence-electron chi connectivity index (χ0n) is 15.3. The van der Waals surface area contributed by atoms with E-state index in [1.807, 2.05) is 0 Å². The molecule has 130 valence electrons. The van der Waals surface area contributed by atoms with Gasteiger partial charge in [0, 0.05) is 6.61 Å². The summed E-state index contributed by atoms with van der Waals surface area (Å²) in [4.78, 5) is 0. The van der Waals surface area contributed by atoms with Crippen molar-refractivity contribution >= 4 is 0 Å². The van der Waals surface area contributed by atoms with Crippen LogP contribution in [0.15, 0.2) is 24.3 Å². The van der Waals surface area contributed by atoms with Crippen molar-refractivity contribution in [1.29, 1.82) is 0 Å². The highest BCUT2D eigenvalue weighted by Crippen LogP contribution is 2.65. The summed E-state index contributed by atoms with van der Waals surface area (Å²) in [5.41, 5.74) is 0.399. The van der Waals surface area contributed by atoms with Crippen LogP contribution in [0.5, 0.6) is 0 Å². The molecule has 4 rings (SSSR count). The molecule has 0 aromatic rings. The topological polar surface area (TPSA) is 9.23 Å². The molecule has 0 amide bonds. The molecule has 0 aromatic carbocycles. The van der Waals surface area contributed by atoms with Crippen molar-refractivity contribution in [2.24, 2.45) is 23.7 Å². The molecule has 0 radical (unpaired) electrons. The maximum absolute atomic E-state index is 6.14. The fraction of sp³-hybridized carbons (Fsp3) is 0.818. The van der Waals surface area contributed by atoms with Crippen molar-refractivity contribution in [3.63, 3.8) is 0 Å². The number of fused-ring (bicyclic) bond motifs is 6. The van der Waals surface area contributed by atoms with Crippen LogP contribution < -0.4 is 0 Å². The number of unbranched alkanes of at least 4 members (excludes halogenated alkanes) is 1. The van der Waals surface area contributed by atoms with E-state index in [2.05, 4.69) is 38.2 Å². The van der Waals surface area contributed by atoms with Crippen molar-refractivity contribution in [2.45, 2.75) is 83.7 Å². The summed E-state index contributed by atoms with van der Waals surface area (Å²) in [7, 11) is 0. The van der Waals surface area contributed by atoms with Crippen LogP contribution in [0.1, 0.15) is 78.1 Å². The van der Waals surface area contributed by atoms with Gasteiger partial charge in [-0.05, 0) is 88.4 Å². The van der Waals surface area contributed by atoms with Crippen LogP contribution in [0.25, 0.3) is 0 Å². The van der Waals surface area contributed by atoms with Crippen LogP contribution in [0, 0.1) is 23.7 Å². The van der Waals surface area contributed by atoms with Crippen LogP contribution >= 0.6 is 0 Å². The smallest absolute Gasteiger partial charge is 0.0717 e. The van der Waals surface area contributed by atoms with E-state index < -0.39 is 0 Å². The van der Waals surface area contributed by atoms with Gasteiger partial charge in [-0.15, -0.1) is 0 Å². The SMILES string of the molecule is C1CC2C3CC(C2C1)C1(CCCO1)C3.CC=CCCC=CCC. The van der Waals surface area contributed by atoms with Gasteiger partial charge < -0.3 is 4.74 Å². The summed E-state index contributed by atoms with van der Waals surface area (Å²) < 4.78 is 6.14. The zero-order chi connectivity index (χ0) is 16.1. The first kappa shape index (κ1) is 17.3. The van der Waals surface area contributed by atoms with E-state index in [9.17, 15) is 0 Å². The van der Waals surface area contributed by atoms with Crippen molar-refractivity contribution in [3.8, 4) is 0 Å². The van der Waals surface area contributed by atoms with Gasteiger partial charge in [-0.25, -0.2) is 0 Å². The third-order valence-electron chi connectivity index (χ3n) is 6.86. The molecule has 5 unspecified atom stereocenters. The molecule has 0 aromatic heterocycles. The molecule has 1 aliphatic heterocycles. The maximum Gasteiger partial charge on any atom is 0.0717 e. The molecule has 1 heterocycles. The molecule has 1 nitrogen and oxygen atoms in total. The Labute approximate surface area is 143 Å². The first-order valence-electron chi connectivity index (χ1n) is 10.2. The van der Waals surface area contributed by atoms with E-state index >= 15 is 0 Å². The Bertz CT molecular complexity index is 416. The van der Waals surface area contributed by atoms with Crippen molar-refractivity contribution in [2.75, 3.05) is 6.61 Å². The van der Waals surface area contributed by atoms with Crippen molar-refractivity contribution < 1.29 is 4.74 Å². The highest BCUT2D eigenvalue weighted by Gasteiger charge is 2.62. The van der Waals surface area contributed by atoms with E-state index in [1.165, 1.54) is 51.4 Å². The molecule has 1 heteroatoms. The summed E-state index contributed by atoms with van der Waals surface area (Å²) in [5, 5.41) is 0. The highest BCUT2D eigenvalue weighted by atomic mass is 16.5. The lowest BCUT2D eigenvalue weighted by molar-refractivity contribution is -0.0653. The summed E-state index contributed by atoms with van der Waals surface area (Å²) in [6.07, 6.45) is 22.5. The summed E-state index contributed by atoms with van der Waals surface area (Å²) >= 11 is 0. The van der Waals surface area contributed by atoms with Crippen LogP contribution in [-0.2, 0) is 4.74 Å². The minimum atomic E-state index is 0.399. The van der Waals surface area contributed by atoms with Gasteiger partial charge in [0.2, 0.25) is 0 Å². The molecule has 3 aliphatic carbocycles. The number of hydrogen-bond acceptors (Lipinski definition) is 1. The Morgan fingerprint density at radius 3 is 2.61 bits per heavy atom. The van der Waals surface area contributed by atoms with Gasteiger partial charge in [0.1, 0.15) is 0 Å². The molecule has 2 bridgehead atoms. The zero-order valence-corrected chi connectivity index (χ0v) is 15.3. The third kappa shape index (κ3) is 3.60. The minimum Gasteiger partial charge on any atom is -0.375 e. The van der Waals surface area contributed by atoms with E-state index in [-0.39, 0.29) is 0 Å². The third-order valence-corrected chi connectivity index (χ3v) is 6.86. The van der Waals surface area contributed by atoms with Crippen molar-refractivity contribution in [3.05, 3.63) is 24.3 Å². The first-order chi connectivity index (χ1) is 11.3. The first-order valence-corrected chi connectivity index (χ1v) is 10.2. The molecular formula is C22H36O. The average molecular weight is 317 g/mol. The highest BCUT2D eigenvalue weighted by molar-refractivity contribution is 5.11. The van der Waals surface area contributed by atoms with Crippen molar-refractivity contribution in [1.82, 2.24) is 0 Å². The van der Waals surface area contributed by atoms with Gasteiger partial charge in [0.25, 0.3) is 0 Å². The second kappa shape index (κ2) is 8.01. The molecule has 4 fully saturated rings. The largest absolute Gasteiger partial charge is 0.375 e. The van der Waals surface area contributed by atoms with Gasteiger partial charge in [0.15, 0.2) is 0 Å². The number of hydrogen-bond donors (Lipinski definition) is 0. The Morgan fingerprint density at radius 1 is 1.04 bits per heavy atom.